The minimum Gasteiger partial charge on any atom is -0.405 e. The van der Waals surface area contributed by atoms with Gasteiger partial charge in [0.25, 0.3) is 0 Å². The van der Waals surface area contributed by atoms with Crippen molar-refractivity contribution in [2.45, 2.75) is 40.0 Å². The summed E-state index contributed by atoms with van der Waals surface area (Å²) >= 11 is 0. The minimum absolute atomic E-state index is 0.334. The van der Waals surface area contributed by atoms with Gasteiger partial charge in [0, 0.05) is 30.4 Å². The molecule has 0 atom stereocenters. The summed E-state index contributed by atoms with van der Waals surface area (Å²) < 4.78 is 0. The SMILES string of the molecule is CC/C=C(\C=C/N)c1cc(N2CCCC(C)(C)C2)c2ccncc2n1. The molecular weight excluding hydrogens is 308 g/mol. The monoisotopic (exact) mass is 336 g/mol. The van der Waals surface area contributed by atoms with Crippen LogP contribution in [0.25, 0.3) is 16.5 Å². The van der Waals surface area contributed by atoms with Gasteiger partial charge in [-0.2, -0.15) is 0 Å². The summed E-state index contributed by atoms with van der Waals surface area (Å²) in [6, 6.07) is 4.29. The Morgan fingerprint density at radius 1 is 1.40 bits per heavy atom. The van der Waals surface area contributed by atoms with Crippen LogP contribution in [0.4, 0.5) is 5.69 Å². The smallest absolute Gasteiger partial charge is 0.0913 e. The van der Waals surface area contributed by atoms with Gasteiger partial charge in [-0.15, -0.1) is 0 Å². The van der Waals surface area contributed by atoms with Gasteiger partial charge in [-0.1, -0.05) is 26.8 Å². The maximum atomic E-state index is 5.65. The molecule has 0 unspecified atom stereocenters. The number of fused-ring (bicyclic) bond motifs is 1. The Morgan fingerprint density at radius 3 is 2.96 bits per heavy atom. The predicted octanol–water partition coefficient (Wildman–Crippen LogP) is 4.52. The largest absolute Gasteiger partial charge is 0.405 e. The van der Waals surface area contributed by atoms with Gasteiger partial charge in [-0.05, 0) is 54.7 Å². The lowest BCUT2D eigenvalue weighted by Gasteiger charge is -2.40. The molecule has 0 amide bonds. The van der Waals surface area contributed by atoms with Crippen LogP contribution < -0.4 is 10.6 Å². The van der Waals surface area contributed by atoms with E-state index in [2.05, 4.69) is 48.9 Å². The molecule has 1 saturated heterocycles. The Morgan fingerprint density at radius 2 is 2.24 bits per heavy atom. The lowest BCUT2D eigenvalue weighted by Crippen LogP contribution is -2.40. The van der Waals surface area contributed by atoms with E-state index in [9.17, 15) is 0 Å². The zero-order chi connectivity index (χ0) is 17.9. The summed E-state index contributed by atoms with van der Waals surface area (Å²) in [5.41, 5.74) is 10.2. The number of nitrogens with zero attached hydrogens (tertiary/aromatic N) is 3. The van der Waals surface area contributed by atoms with Gasteiger partial charge in [0.1, 0.15) is 0 Å². The first-order valence-electron chi connectivity index (χ1n) is 9.12. The average molecular weight is 336 g/mol. The van der Waals surface area contributed by atoms with Crippen molar-refractivity contribution in [3.63, 3.8) is 0 Å². The van der Waals surface area contributed by atoms with E-state index < -0.39 is 0 Å². The number of rotatable bonds is 4. The molecule has 0 aliphatic carbocycles. The van der Waals surface area contributed by atoms with E-state index in [0.717, 1.165) is 36.3 Å². The predicted molar refractivity (Wildman–Crippen MR) is 106 cm³/mol. The molecule has 4 heteroatoms. The summed E-state index contributed by atoms with van der Waals surface area (Å²) in [7, 11) is 0. The zero-order valence-electron chi connectivity index (χ0n) is 15.5. The topological polar surface area (TPSA) is 55.0 Å². The lowest BCUT2D eigenvalue weighted by molar-refractivity contribution is 0.293. The molecule has 0 bridgehead atoms. The van der Waals surface area contributed by atoms with E-state index in [1.54, 1.807) is 6.20 Å². The van der Waals surface area contributed by atoms with Crippen molar-refractivity contribution in [1.82, 2.24) is 9.97 Å². The molecule has 0 aromatic carbocycles. The van der Waals surface area contributed by atoms with Gasteiger partial charge in [0.05, 0.1) is 17.4 Å². The number of pyridine rings is 2. The normalized spacial score (nSPS) is 18.2. The van der Waals surface area contributed by atoms with E-state index in [1.165, 1.54) is 23.9 Å². The van der Waals surface area contributed by atoms with Crippen LogP contribution in [0, 0.1) is 5.41 Å². The van der Waals surface area contributed by atoms with E-state index in [0.29, 0.717) is 5.41 Å². The summed E-state index contributed by atoms with van der Waals surface area (Å²) in [5.74, 6) is 0. The second-order valence-electron chi connectivity index (χ2n) is 7.54. The van der Waals surface area contributed by atoms with Crippen LogP contribution >= 0.6 is 0 Å². The molecule has 2 aromatic heterocycles. The maximum Gasteiger partial charge on any atom is 0.0913 e. The second-order valence-corrected chi connectivity index (χ2v) is 7.54. The molecule has 3 heterocycles. The molecule has 2 aromatic rings. The quantitative estimate of drug-likeness (QED) is 0.834. The van der Waals surface area contributed by atoms with Gasteiger partial charge < -0.3 is 10.6 Å². The Kier molecular flexibility index (Phi) is 5.07. The van der Waals surface area contributed by atoms with E-state index >= 15 is 0 Å². The number of piperidine rings is 1. The molecule has 1 aliphatic rings. The molecule has 132 valence electrons. The highest BCUT2D eigenvalue weighted by Gasteiger charge is 2.27. The third-order valence-corrected chi connectivity index (χ3v) is 4.83. The molecule has 0 saturated carbocycles. The van der Waals surface area contributed by atoms with E-state index in [1.807, 2.05) is 18.5 Å². The highest BCUT2D eigenvalue weighted by atomic mass is 15.1. The van der Waals surface area contributed by atoms with E-state index in [4.69, 9.17) is 10.7 Å². The van der Waals surface area contributed by atoms with Crippen molar-refractivity contribution in [3.8, 4) is 0 Å². The Bertz CT molecular complexity index is 805. The highest BCUT2D eigenvalue weighted by Crippen LogP contribution is 2.35. The number of anilines is 1. The first-order valence-corrected chi connectivity index (χ1v) is 9.12. The fourth-order valence-electron chi connectivity index (χ4n) is 3.68. The van der Waals surface area contributed by atoms with Crippen molar-refractivity contribution in [2.24, 2.45) is 11.1 Å². The summed E-state index contributed by atoms with van der Waals surface area (Å²) in [6.07, 6.45) is 12.8. The first kappa shape index (κ1) is 17.5. The summed E-state index contributed by atoms with van der Waals surface area (Å²) in [5, 5.41) is 1.17. The van der Waals surface area contributed by atoms with Gasteiger partial charge in [-0.25, -0.2) is 4.98 Å². The van der Waals surface area contributed by atoms with Crippen LogP contribution in [0.2, 0.25) is 0 Å². The summed E-state index contributed by atoms with van der Waals surface area (Å²) in [4.78, 5) is 11.6. The maximum absolute atomic E-state index is 5.65. The highest BCUT2D eigenvalue weighted by molar-refractivity contribution is 5.93. The van der Waals surface area contributed by atoms with Gasteiger partial charge in [-0.3, -0.25) is 4.98 Å². The standard InChI is InChI=1S/C21H28N4/c1-4-6-16(7-10-22)18-13-20(17-8-11-23-14-19(17)24-18)25-12-5-9-21(2,3)15-25/h6-8,10-11,13-14H,4-5,9,12,15,22H2,1-3H3/b10-7-,16-6+. The molecule has 4 nitrogen and oxygen atoms in total. The number of aromatic nitrogens is 2. The third-order valence-electron chi connectivity index (χ3n) is 4.83. The fraction of sp³-hybridized carbons (Fsp3) is 0.429. The average Bonchev–Trinajstić information content (AvgIpc) is 2.59. The van der Waals surface area contributed by atoms with Crippen molar-refractivity contribution in [1.29, 1.82) is 0 Å². The molecule has 0 radical (unpaired) electrons. The first-order chi connectivity index (χ1) is 12.0. The lowest BCUT2D eigenvalue weighted by atomic mass is 9.84. The Balaban J connectivity index is 2.14. The molecule has 2 N–H and O–H groups in total. The minimum atomic E-state index is 0.334. The molecule has 0 spiro atoms. The third kappa shape index (κ3) is 3.84. The van der Waals surface area contributed by atoms with Crippen LogP contribution in [0.5, 0.6) is 0 Å². The Labute approximate surface area is 150 Å². The number of hydrogen-bond acceptors (Lipinski definition) is 4. The number of nitrogens with two attached hydrogens (primary N) is 1. The Hall–Kier alpha value is -2.36. The second kappa shape index (κ2) is 7.26. The van der Waals surface area contributed by atoms with E-state index in [-0.39, 0.29) is 0 Å². The molecule has 1 aliphatic heterocycles. The van der Waals surface area contributed by atoms with Crippen LogP contribution in [-0.2, 0) is 0 Å². The van der Waals surface area contributed by atoms with Crippen molar-refractivity contribution in [3.05, 3.63) is 48.6 Å². The zero-order valence-corrected chi connectivity index (χ0v) is 15.5. The van der Waals surface area contributed by atoms with Crippen molar-refractivity contribution in [2.75, 3.05) is 18.0 Å². The van der Waals surface area contributed by atoms with Crippen LogP contribution in [0.3, 0.4) is 0 Å². The number of hydrogen-bond donors (Lipinski definition) is 1. The fourth-order valence-corrected chi connectivity index (χ4v) is 3.68. The van der Waals surface area contributed by atoms with Crippen molar-refractivity contribution < 1.29 is 0 Å². The van der Waals surface area contributed by atoms with Gasteiger partial charge in [0.2, 0.25) is 0 Å². The van der Waals surface area contributed by atoms with Crippen molar-refractivity contribution >= 4 is 22.2 Å². The molecular formula is C21H28N4. The van der Waals surface area contributed by atoms with Gasteiger partial charge in [0.15, 0.2) is 0 Å². The molecule has 25 heavy (non-hydrogen) atoms. The summed E-state index contributed by atoms with van der Waals surface area (Å²) in [6.45, 7) is 8.98. The molecule has 1 fully saturated rings. The number of allylic oxidation sites excluding steroid dienone is 3. The van der Waals surface area contributed by atoms with Gasteiger partial charge >= 0.3 is 0 Å². The van der Waals surface area contributed by atoms with Crippen LogP contribution in [-0.4, -0.2) is 23.1 Å². The molecule has 3 rings (SSSR count). The van der Waals surface area contributed by atoms with Crippen LogP contribution in [0.1, 0.15) is 45.7 Å². The van der Waals surface area contributed by atoms with Crippen LogP contribution in [0.15, 0.2) is 42.9 Å².